The second-order valence-electron chi connectivity index (χ2n) is 5.37. The molecule has 0 radical (unpaired) electrons. The van der Waals surface area contributed by atoms with Crippen molar-refractivity contribution >= 4 is 17.7 Å². The van der Waals surface area contributed by atoms with Crippen molar-refractivity contribution in [3.05, 3.63) is 54.0 Å². The third kappa shape index (κ3) is 4.40. The fourth-order valence-corrected chi connectivity index (χ4v) is 3.07. The SMILES string of the molecule is COC(=O)c1ccc(CSc2ccc(-c3ccc(OC)cc3OC)nn2)o1. The van der Waals surface area contributed by atoms with Crippen molar-refractivity contribution in [2.45, 2.75) is 10.8 Å². The van der Waals surface area contributed by atoms with E-state index in [1.54, 1.807) is 32.4 Å². The van der Waals surface area contributed by atoms with Gasteiger partial charge in [-0.05, 0) is 36.4 Å². The van der Waals surface area contributed by atoms with Gasteiger partial charge in [0.15, 0.2) is 0 Å². The highest BCUT2D eigenvalue weighted by atomic mass is 32.2. The summed E-state index contributed by atoms with van der Waals surface area (Å²) in [6, 6.07) is 12.6. The van der Waals surface area contributed by atoms with Crippen LogP contribution < -0.4 is 9.47 Å². The normalized spacial score (nSPS) is 10.5. The summed E-state index contributed by atoms with van der Waals surface area (Å²) in [7, 11) is 4.52. The average molecular weight is 386 g/mol. The van der Waals surface area contributed by atoms with Crippen molar-refractivity contribution < 1.29 is 23.4 Å². The van der Waals surface area contributed by atoms with E-state index in [0.29, 0.717) is 28.7 Å². The van der Waals surface area contributed by atoms with Crippen LogP contribution in [0.3, 0.4) is 0 Å². The van der Waals surface area contributed by atoms with E-state index >= 15 is 0 Å². The number of thioether (sulfide) groups is 1. The van der Waals surface area contributed by atoms with Gasteiger partial charge >= 0.3 is 5.97 Å². The fraction of sp³-hybridized carbons (Fsp3) is 0.211. The maximum atomic E-state index is 11.4. The Hall–Kier alpha value is -3.00. The second-order valence-corrected chi connectivity index (χ2v) is 6.36. The first-order valence-corrected chi connectivity index (χ1v) is 8.99. The van der Waals surface area contributed by atoms with Gasteiger partial charge in [0.1, 0.15) is 22.3 Å². The molecule has 0 spiro atoms. The Morgan fingerprint density at radius 2 is 1.89 bits per heavy atom. The Kier molecular flexibility index (Phi) is 5.97. The molecule has 8 heteroatoms. The molecule has 2 heterocycles. The molecule has 0 bridgehead atoms. The number of methoxy groups -OCH3 is 3. The summed E-state index contributed by atoms with van der Waals surface area (Å²) in [4.78, 5) is 11.4. The van der Waals surface area contributed by atoms with Gasteiger partial charge in [0, 0.05) is 11.6 Å². The van der Waals surface area contributed by atoms with Crippen molar-refractivity contribution in [3.63, 3.8) is 0 Å². The average Bonchev–Trinajstić information content (AvgIpc) is 3.20. The van der Waals surface area contributed by atoms with Crippen molar-refractivity contribution in [2.24, 2.45) is 0 Å². The summed E-state index contributed by atoms with van der Waals surface area (Å²) in [6.45, 7) is 0. The van der Waals surface area contributed by atoms with Gasteiger partial charge in [-0.2, -0.15) is 0 Å². The van der Waals surface area contributed by atoms with Crippen LogP contribution in [0.4, 0.5) is 0 Å². The predicted molar refractivity (Wildman–Crippen MR) is 100 cm³/mol. The van der Waals surface area contributed by atoms with Crippen LogP contribution in [0.2, 0.25) is 0 Å². The Labute approximate surface area is 160 Å². The van der Waals surface area contributed by atoms with E-state index in [1.165, 1.54) is 18.9 Å². The Morgan fingerprint density at radius 1 is 1.04 bits per heavy atom. The fourth-order valence-electron chi connectivity index (χ4n) is 2.36. The van der Waals surface area contributed by atoms with Gasteiger partial charge in [-0.25, -0.2) is 4.79 Å². The van der Waals surface area contributed by atoms with Crippen molar-refractivity contribution in [3.8, 4) is 22.8 Å². The Morgan fingerprint density at radius 3 is 2.56 bits per heavy atom. The number of ether oxygens (including phenoxy) is 3. The predicted octanol–water partition coefficient (Wildman–Crippen LogP) is 3.83. The van der Waals surface area contributed by atoms with Crippen molar-refractivity contribution in [1.82, 2.24) is 10.2 Å². The standard InChI is InChI=1S/C19H18N2O5S/c1-23-12-4-6-14(17(10-12)24-2)15-7-9-18(21-20-15)27-11-13-5-8-16(26-13)19(22)25-3/h4-10H,11H2,1-3H3. The number of furan rings is 1. The molecule has 0 saturated heterocycles. The Balaban J connectivity index is 1.69. The second kappa shape index (κ2) is 8.59. The molecular formula is C19H18N2O5S. The molecule has 3 aromatic rings. The lowest BCUT2D eigenvalue weighted by atomic mass is 10.1. The molecule has 0 aliphatic heterocycles. The molecule has 1 aromatic carbocycles. The number of carbonyl (C=O) groups is 1. The summed E-state index contributed by atoms with van der Waals surface area (Å²) in [6.07, 6.45) is 0. The van der Waals surface area contributed by atoms with Gasteiger partial charge in [0.2, 0.25) is 5.76 Å². The summed E-state index contributed by atoms with van der Waals surface area (Å²) in [5.41, 5.74) is 1.53. The number of nitrogens with zero attached hydrogens (tertiary/aromatic N) is 2. The lowest BCUT2D eigenvalue weighted by Crippen LogP contribution is -1.98. The van der Waals surface area contributed by atoms with E-state index in [-0.39, 0.29) is 5.76 Å². The first-order chi connectivity index (χ1) is 13.1. The monoisotopic (exact) mass is 386 g/mol. The van der Waals surface area contributed by atoms with Gasteiger partial charge in [0.05, 0.1) is 32.8 Å². The van der Waals surface area contributed by atoms with Crippen LogP contribution in [0.15, 0.2) is 51.9 Å². The molecule has 0 N–H and O–H groups in total. The van der Waals surface area contributed by atoms with Crippen LogP contribution in [0.25, 0.3) is 11.3 Å². The third-order valence-corrected chi connectivity index (χ3v) is 4.68. The summed E-state index contributed by atoms with van der Waals surface area (Å²) >= 11 is 1.46. The number of carbonyl (C=O) groups excluding carboxylic acids is 1. The largest absolute Gasteiger partial charge is 0.497 e. The van der Waals surface area contributed by atoms with Crippen LogP contribution in [0.1, 0.15) is 16.3 Å². The highest BCUT2D eigenvalue weighted by Crippen LogP contribution is 2.32. The molecule has 27 heavy (non-hydrogen) atoms. The molecule has 0 unspecified atom stereocenters. The number of rotatable bonds is 7. The molecule has 0 amide bonds. The van der Waals surface area contributed by atoms with Gasteiger partial charge < -0.3 is 18.6 Å². The van der Waals surface area contributed by atoms with Crippen LogP contribution in [0, 0.1) is 0 Å². The number of hydrogen-bond acceptors (Lipinski definition) is 8. The number of hydrogen-bond donors (Lipinski definition) is 0. The van der Waals surface area contributed by atoms with Crippen molar-refractivity contribution in [2.75, 3.05) is 21.3 Å². The molecule has 7 nitrogen and oxygen atoms in total. The zero-order valence-electron chi connectivity index (χ0n) is 15.1. The van der Waals surface area contributed by atoms with Gasteiger partial charge in [-0.1, -0.05) is 11.8 Å². The topological polar surface area (TPSA) is 83.7 Å². The highest BCUT2D eigenvalue weighted by Gasteiger charge is 2.12. The van der Waals surface area contributed by atoms with E-state index in [2.05, 4.69) is 14.9 Å². The Bertz CT molecular complexity index is 924. The molecule has 0 saturated carbocycles. The van der Waals surface area contributed by atoms with Gasteiger partial charge in [0.25, 0.3) is 0 Å². The zero-order valence-corrected chi connectivity index (χ0v) is 15.9. The number of benzene rings is 1. The van der Waals surface area contributed by atoms with Crippen LogP contribution >= 0.6 is 11.8 Å². The van der Waals surface area contributed by atoms with E-state index in [4.69, 9.17) is 13.9 Å². The van der Waals surface area contributed by atoms with Crippen LogP contribution in [-0.4, -0.2) is 37.5 Å². The van der Waals surface area contributed by atoms with E-state index in [9.17, 15) is 4.79 Å². The van der Waals surface area contributed by atoms with E-state index in [0.717, 1.165) is 10.6 Å². The first-order valence-electron chi connectivity index (χ1n) is 8.00. The maximum Gasteiger partial charge on any atom is 0.373 e. The molecule has 0 fully saturated rings. The minimum atomic E-state index is -0.496. The molecular weight excluding hydrogens is 368 g/mol. The van der Waals surface area contributed by atoms with Crippen molar-refractivity contribution in [1.29, 1.82) is 0 Å². The zero-order chi connectivity index (χ0) is 19.2. The minimum absolute atomic E-state index is 0.182. The molecule has 2 aromatic heterocycles. The highest BCUT2D eigenvalue weighted by molar-refractivity contribution is 7.98. The smallest absolute Gasteiger partial charge is 0.373 e. The maximum absolute atomic E-state index is 11.4. The van der Waals surface area contributed by atoms with Gasteiger partial charge in [-0.3, -0.25) is 0 Å². The molecule has 0 aliphatic carbocycles. The number of esters is 1. The quantitative estimate of drug-likeness (QED) is 0.447. The lowest BCUT2D eigenvalue weighted by Gasteiger charge is -2.09. The molecule has 0 atom stereocenters. The molecule has 3 rings (SSSR count). The summed E-state index contributed by atoms with van der Waals surface area (Å²) in [5.74, 6) is 2.24. The molecule has 140 valence electrons. The van der Waals surface area contributed by atoms with Gasteiger partial charge in [-0.15, -0.1) is 10.2 Å². The molecule has 0 aliphatic rings. The van der Waals surface area contributed by atoms with E-state index in [1.807, 2.05) is 24.3 Å². The lowest BCUT2D eigenvalue weighted by molar-refractivity contribution is 0.0563. The van der Waals surface area contributed by atoms with Crippen LogP contribution in [-0.2, 0) is 10.5 Å². The summed E-state index contributed by atoms with van der Waals surface area (Å²) < 4.78 is 20.7. The summed E-state index contributed by atoms with van der Waals surface area (Å²) in [5, 5.41) is 9.25. The number of aromatic nitrogens is 2. The minimum Gasteiger partial charge on any atom is -0.497 e. The first kappa shape index (κ1) is 18.8. The van der Waals surface area contributed by atoms with Crippen LogP contribution in [0.5, 0.6) is 11.5 Å². The van der Waals surface area contributed by atoms with E-state index < -0.39 is 5.97 Å². The third-order valence-electron chi connectivity index (χ3n) is 3.74.